The molecule has 2 aliphatic heterocycles. The van der Waals surface area contributed by atoms with E-state index >= 15 is 0 Å². The highest BCUT2D eigenvalue weighted by atomic mass is 16.6. The number of hydrogen-bond acceptors (Lipinski definition) is 5. The van der Waals surface area contributed by atoms with Gasteiger partial charge in [0, 0.05) is 50.1 Å². The maximum atomic E-state index is 12.8. The first-order valence-electron chi connectivity index (χ1n) is 13.1. The Kier molecular flexibility index (Phi) is 7.64. The van der Waals surface area contributed by atoms with Crippen LogP contribution in [-0.4, -0.2) is 64.3 Å². The zero-order valence-electron chi connectivity index (χ0n) is 22.5. The van der Waals surface area contributed by atoms with Crippen molar-refractivity contribution >= 4 is 17.6 Å². The van der Waals surface area contributed by atoms with E-state index in [4.69, 9.17) is 9.47 Å². The fourth-order valence-electron chi connectivity index (χ4n) is 4.93. The standard InChI is InChI=1S/C30H38N2O5/c1-6-31(7-2)27(34)23-11-9-22(10-12-23)25-19-30(36-26-18-21(20-33)8-13-24(25)26)14-16-32(17-15-30)28(35)37-29(3,4)5/h8-13,18-19,33H,6-7,14-17,20H2,1-5H3. The monoisotopic (exact) mass is 506 g/mol. The average molecular weight is 507 g/mol. The summed E-state index contributed by atoms with van der Waals surface area (Å²) in [7, 11) is 0. The third-order valence-corrected chi connectivity index (χ3v) is 6.99. The van der Waals surface area contributed by atoms with Gasteiger partial charge in [0.15, 0.2) is 0 Å². The molecule has 1 saturated heterocycles. The van der Waals surface area contributed by atoms with Crippen molar-refractivity contribution in [3.05, 3.63) is 70.8 Å². The van der Waals surface area contributed by atoms with Crippen LogP contribution in [0.4, 0.5) is 4.79 Å². The Morgan fingerprint density at radius 3 is 2.27 bits per heavy atom. The van der Waals surface area contributed by atoms with Gasteiger partial charge >= 0.3 is 6.09 Å². The van der Waals surface area contributed by atoms with Crippen LogP contribution in [0.25, 0.3) is 5.57 Å². The first-order valence-corrected chi connectivity index (χ1v) is 13.1. The van der Waals surface area contributed by atoms with E-state index in [0.717, 1.165) is 28.0 Å². The maximum Gasteiger partial charge on any atom is 0.410 e. The van der Waals surface area contributed by atoms with Crippen molar-refractivity contribution in [3.63, 3.8) is 0 Å². The summed E-state index contributed by atoms with van der Waals surface area (Å²) in [5, 5.41) is 9.72. The van der Waals surface area contributed by atoms with Gasteiger partial charge in [0.05, 0.1) is 6.61 Å². The van der Waals surface area contributed by atoms with Crippen molar-refractivity contribution in [2.75, 3.05) is 26.2 Å². The summed E-state index contributed by atoms with van der Waals surface area (Å²) in [4.78, 5) is 29.0. The number of ether oxygens (including phenoxy) is 2. The molecule has 37 heavy (non-hydrogen) atoms. The van der Waals surface area contributed by atoms with Crippen molar-refractivity contribution in [1.82, 2.24) is 9.80 Å². The molecule has 4 rings (SSSR count). The first-order chi connectivity index (χ1) is 17.6. The van der Waals surface area contributed by atoms with E-state index < -0.39 is 11.2 Å². The first kappa shape index (κ1) is 26.7. The number of carbonyl (C=O) groups excluding carboxylic acids is 2. The Labute approximate surface area is 219 Å². The number of amides is 2. The number of hydrogen-bond donors (Lipinski definition) is 1. The minimum atomic E-state index is -0.579. The zero-order chi connectivity index (χ0) is 26.8. The quantitative estimate of drug-likeness (QED) is 0.599. The van der Waals surface area contributed by atoms with Crippen LogP contribution in [0.15, 0.2) is 48.5 Å². The van der Waals surface area contributed by atoms with Crippen molar-refractivity contribution in [2.45, 2.75) is 65.3 Å². The summed E-state index contributed by atoms with van der Waals surface area (Å²) in [6.45, 7) is 11.9. The molecule has 2 amide bonds. The van der Waals surface area contributed by atoms with Crippen molar-refractivity contribution in [3.8, 4) is 5.75 Å². The SMILES string of the molecule is CCN(CC)C(=O)c1ccc(C2=CC3(CCN(C(=O)OC(C)(C)C)CC3)Oc3cc(CO)ccc32)cc1. The van der Waals surface area contributed by atoms with Gasteiger partial charge in [-0.3, -0.25) is 4.79 Å². The van der Waals surface area contributed by atoms with E-state index in [1.165, 1.54) is 0 Å². The Balaban J connectivity index is 1.64. The summed E-state index contributed by atoms with van der Waals surface area (Å²) in [5.74, 6) is 0.745. The van der Waals surface area contributed by atoms with Gasteiger partial charge in [-0.1, -0.05) is 24.3 Å². The second-order valence-electron chi connectivity index (χ2n) is 10.7. The Bertz CT molecular complexity index is 1170. The number of aliphatic hydroxyl groups is 1. The predicted octanol–water partition coefficient (Wildman–Crippen LogP) is 5.25. The summed E-state index contributed by atoms with van der Waals surface area (Å²) in [6, 6.07) is 13.5. The topological polar surface area (TPSA) is 79.3 Å². The van der Waals surface area contributed by atoms with E-state index in [1.54, 1.807) is 4.90 Å². The zero-order valence-corrected chi connectivity index (χ0v) is 22.5. The number of likely N-dealkylation sites (tertiary alicyclic amines) is 1. The smallest absolute Gasteiger partial charge is 0.410 e. The van der Waals surface area contributed by atoms with Crippen LogP contribution in [0, 0.1) is 0 Å². The van der Waals surface area contributed by atoms with Crippen LogP contribution in [0.1, 0.15) is 74.5 Å². The molecule has 2 aromatic rings. The lowest BCUT2D eigenvalue weighted by Gasteiger charge is -2.43. The van der Waals surface area contributed by atoms with Gasteiger partial charge in [-0.05, 0) is 75.6 Å². The van der Waals surface area contributed by atoms with Crippen LogP contribution >= 0.6 is 0 Å². The number of piperidine rings is 1. The second kappa shape index (κ2) is 10.6. The molecule has 198 valence electrons. The van der Waals surface area contributed by atoms with Crippen LogP contribution in [0.3, 0.4) is 0 Å². The third kappa shape index (κ3) is 5.82. The molecule has 7 nitrogen and oxygen atoms in total. The van der Waals surface area contributed by atoms with Gasteiger partial charge in [-0.25, -0.2) is 4.79 Å². The predicted molar refractivity (Wildman–Crippen MR) is 144 cm³/mol. The molecule has 0 aliphatic carbocycles. The average Bonchev–Trinajstić information content (AvgIpc) is 2.88. The van der Waals surface area contributed by atoms with Gasteiger partial charge in [-0.15, -0.1) is 0 Å². The number of fused-ring (bicyclic) bond motifs is 1. The van der Waals surface area contributed by atoms with Gasteiger partial charge in [0.1, 0.15) is 17.0 Å². The van der Waals surface area contributed by atoms with Crippen LogP contribution in [-0.2, 0) is 11.3 Å². The van der Waals surface area contributed by atoms with Crippen LogP contribution in [0.2, 0.25) is 0 Å². The molecular formula is C30H38N2O5. The van der Waals surface area contributed by atoms with E-state index in [2.05, 4.69) is 6.08 Å². The molecule has 2 heterocycles. The summed E-state index contributed by atoms with van der Waals surface area (Å²) in [6.07, 6.45) is 3.11. The lowest BCUT2D eigenvalue weighted by Crippen LogP contribution is -2.50. The van der Waals surface area contributed by atoms with E-state index in [9.17, 15) is 14.7 Å². The van der Waals surface area contributed by atoms with E-state index in [0.29, 0.717) is 44.6 Å². The highest BCUT2D eigenvalue weighted by molar-refractivity contribution is 5.95. The second-order valence-corrected chi connectivity index (χ2v) is 10.7. The molecule has 2 aromatic carbocycles. The highest BCUT2D eigenvalue weighted by Crippen LogP contribution is 2.44. The summed E-state index contributed by atoms with van der Waals surface area (Å²) in [5.41, 5.74) is 3.28. The summed E-state index contributed by atoms with van der Waals surface area (Å²) < 4.78 is 12.1. The molecule has 2 aliphatic rings. The minimum Gasteiger partial charge on any atom is -0.482 e. The third-order valence-electron chi connectivity index (χ3n) is 6.99. The lowest BCUT2D eigenvalue weighted by molar-refractivity contribution is -0.00121. The van der Waals surface area contributed by atoms with E-state index in [1.807, 2.05) is 82.0 Å². The minimum absolute atomic E-state index is 0.0245. The lowest BCUT2D eigenvalue weighted by atomic mass is 9.82. The number of rotatable bonds is 5. The molecule has 0 bridgehead atoms. The molecule has 1 spiro atoms. The fourth-order valence-corrected chi connectivity index (χ4v) is 4.93. The molecule has 0 unspecified atom stereocenters. The highest BCUT2D eigenvalue weighted by Gasteiger charge is 2.41. The van der Waals surface area contributed by atoms with Gasteiger partial charge in [-0.2, -0.15) is 0 Å². The largest absolute Gasteiger partial charge is 0.482 e. The molecule has 1 N–H and O–H groups in total. The molecule has 0 radical (unpaired) electrons. The van der Waals surface area contributed by atoms with Crippen LogP contribution < -0.4 is 4.74 Å². The maximum absolute atomic E-state index is 12.8. The van der Waals surface area contributed by atoms with Gasteiger partial charge in [0.25, 0.3) is 5.91 Å². The number of benzene rings is 2. The number of nitrogens with zero attached hydrogens (tertiary/aromatic N) is 2. The van der Waals surface area contributed by atoms with Crippen molar-refractivity contribution in [2.24, 2.45) is 0 Å². The van der Waals surface area contributed by atoms with Gasteiger partial charge < -0.3 is 24.4 Å². The van der Waals surface area contributed by atoms with E-state index in [-0.39, 0.29) is 18.6 Å². The van der Waals surface area contributed by atoms with Crippen molar-refractivity contribution in [1.29, 1.82) is 0 Å². The molecule has 0 saturated carbocycles. The molecule has 0 aromatic heterocycles. The molecule has 0 atom stereocenters. The molecule has 7 heteroatoms. The number of aliphatic hydroxyl groups excluding tert-OH is 1. The Morgan fingerprint density at radius 2 is 1.70 bits per heavy atom. The Hall–Kier alpha value is -3.32. The van der Waals surface area contributed by atoms with Crippen LogP contribution in [0.5, 0.6) is 5.75 Å². The molecule has 1 fully saturated rings. The summed E-state index contributed by atoms with van der Waals surface area (Å²) >= 11 is 0. The fraction of sp³-hybridized carbons (Fsp3) is 0.467. The number of carbonyl (C=O) groups is 2. The molecular weight excluding hydrogens is 468 g/mol. The normalized spacial score (nSPS) is 16.5. The van der Waals surface area contributed by atoms with Crippen molar-refractivity contribution < 1.29 is 24.2 Å². The Morgan fingerprint density at radius 1 is 1.05 bits per heavy atom. The van der Waals surface area contributed by atoms with Gasteiger partial charge in [0.2, 0.25) is 0 Å².